The number of aliphatic hydroxyl groups excluding tert-OH is 1. The molecule has 0 saturated carbocycles. The summed E-state index contributed by atoms with van der Waals surface area (Å²) in [6.45, 7) is 0.0891. The van der Waals surface area contributed by atoms with Gasteiger partial charge in [-0.2, -0.15) is 0 Å². The number of nitrogens with two attached hydrogens (primary N) is 2. The first-order valence-electron chi connectivity index (χ1n) is 4.12. The number of aromatic hydroxyl groups is 1. The van der Waals surface area contributed by atoms with Crippen molar-refractivity contribution < 1.29 is 10.2 Å². The fourth-order valence-corrected chi connectivity index (χ4v) is 1.03. The lowest BCUT2D eigenvalue weighted by atomic mass is 10.1. The van der Waals surface area contributed by atoms with Crippen molar-refractivity contribution in [3.63, 3.8) is 0 Å². The van der Waals surface area contributed by atoms with Crippen LogP contribution in [-0.4, -0.2) is 22.7 Å². The van der Waals surface area contributed by atoms with Gasteiger partial charge in [0.2, 0.25) is 0 Å². The van der Waals surface area contributed by atoms with Crippen molar-refractivity contribution in [1.82, 2.24) is 0 Å². The molecule has 0 bridgehead atoms. The molecule has 0 unspecified atom stereocenters. The van der Waals surface area contributed by atoms with E-state index in [9.17, 15) is 5.11 Å². The Balaban J connectivity index is 2.69. The molecule has 1 rings (SSSR count). The van der Waals surface area contributed by atoms with Crippen LogP contribution in [0.2, 0.25) is 0 Å². The SMILES string of the molecule is N[11C](N)=NC[C@H](O)c1cccc(O)c1. The third kappa shape index (κ3) is 2.95. The predicted molar refractivity (Wildman–Crippen MR) is 53.7 cm³/mol. The van der Waals surface area contributed by atoms with Crippen molar-refractivity contribution in [3.05, 3.63) is 29.8 Å². The van der Waals surface area contributed by atoms with E-state index >= 15 is 0 Å². The minimum Gasteiger partial charge on any atom is -0.508 e. The standard InChI is InChI=1S/C9H13N3O2/c10-9(11)12-5-8(14)6-2-1-3-7(13)4-6/h1-4,8,13-14H,5H2,(H4,10,11,12)/t8-/m0/s1/i9-1. The molecule has 0 aliphatic rings. The quantitative estimate of drug-likeness (QED) is 0.391. The third-order valence-corrected chi connectivity index (χ3v) is 1.70. The van der Waals surface area contributed by atoms with Crippen molar-refractivity contribution >= 4 is 5.96 Å². The van der Waals surface area contributed by atoms with Crippen LogP contribution in [0.1, 0.15) is 11.7 Å². The number of nitrogens with zero attached hydrogens (tertiary/aromatic N) is 1. The summed E-state index contributed by atoms with van der Waals surface area (Å²) in [5.74, 6) is 0.0375. The maximum Gasteiger partial charge on any atom is 0.186 e. The van der Waals surface area contributed by atoms with Gasteiger partial charge in [-0.3, -0.25) is 4.99 Å². The van der Waals surface area contributed by atoms with E-state index in [2.05, 4.69) is 4.99 Å². The lowest BCUT2D eigenvalue weighted by Gasteiger charge is -2.08. The van der Waals surface area contributed by atoms with Crippen molar-refractivity contribution in [2.45, 2.75) is 6.10 Å². The summed E-state index contributed by atoms with van der Waals surface area (Å²) in [5.41, 5.74) is 10.8. The molecule has 6 N–H and O–H groups in total. The van der Waals surface area contributed by atoms with Gasteiger partial charge in [-0.05, 0) is 17.7 Å². The zero-order valence-electron chi connectivity index (χ0n) is 7.59. The lowest BCUT2D eigenvalue weighted by molar-refractivity contribution is 0.187. The second kappa shape index (κ2) is 4.48. The van der Waals surface area contributed by atoms with Gasteiger partial charge in [0, 0.05) is 0 Å². The van der Waals surface area contributed by atoms with E-state index in [0.717, 1.165) is 0 Å². The zero-order chi connectivity index (χ0) is 10.6. The van der Waals surface area contributed by atoms with E-state index in [1.165, 1.54) is 12.1 Å². The smallest absolute Gasteiger partial charge is 0.186 e. The lowest BCUT2D eigenvalue weighted by Crippen LogP contribution is -2.23. The Kier molecular flexibility index (Phi) is 3.30. The Hall–Kier alpha value is -1.75. The Bertz CT molecular complexity index is 335. The second-order valence-corrected chi connectivity index (χ2v) is 2.88. The van der Waals surface area contributed by atoms with E-state index in [0.29, 0.717) is 5.56 Å². The van der Waals surface area contributed by atoms with Crippen molar-refractivity contribution in [3.8, 4) is 5.75 Å². The average Bonchev–Trinajstić information content (AvgIpc) is 2.14. The normalized spacial score (nSPS) is 12.1. The average molecular weight is 194 g/mol. The highest BCUT2D eigenvalue weighted by atomic mass is 16.3. The molecule has 5 nitrogen and oxygen atoms in total. The van der Waals surface area contributed by atoms with Gasteiger partial charge >= 0.3 is 0 Å². The van der Waals surface area contributed by atoms with Gasteiger partial charge in [-0.15, -0.1) is 0 Å². The fourth-order valence-electron chi connectivity index (χ4n) is 1.03. The van der Waals surface area contributed by atoms with Crippen molar-refractivity contribution in [2.75, 3.05) is 6.54 Å². The van der Waals surface area contributed by atoms with Crippen molar-refractivity contribution in [1.29, 1.82) is 0 Å². The first-order valence-corrected chi connectivity index (χ1v) is 4.12. The minimum absolute atomic E-state index is 0.0656. The Morgan fingerprint density at radius 3 is 2.71 bits per heavy atom. The van der Waals surface area contributed by atoms with E-state index < -0.39 is 6.10 Å². The monoisotopic (exact) mass is 194 g/mol. The summed E-state index contributed by atoms with van der Waals surface area (Å²) in [4.78, 5) is 3.67. The molecule has 0 radical (unpaired) electrons. The van der Waals surface area contributed by atoms with Crippen LogP contribution in [0.3, 0.4) is 0 Å². The highest BCUT2D eigenvalue weighted by Crippen LogP contribution is 2.17. The molecule has 0 aromatic heterocycles. The summed E-state index contributed by atoms with van der Waals surface area (Å²) in [5, 5.41) is 18.7. The maximum absolute atomic E-state index is 9.56. The van der Waals surface area contributed by atoms with Crippen LogP contribution in [0.15, 0.2) is 29.3 Å². The molecule has 0 saturated heterocycles. The summed E-state index contributed by atoms with van der Waals surface area (Å²) in [7, 11) is 0. The van der Waals surface area contributed by atoms with Crippen LogP contribution < -0.4 is 11.5 Å². The number of benzene rings is 1. The van der Waals surface area contributed by atoms with Crippen LogP contribution in [0.4, 0.5) is 0 Å². The molecule has 76 valence electrons. The minimum atomic E-state index is -0.802. The Labute approximate surface area is 81.7 Å². The van der Waals surface area contributed by atoms with Gasteiger partial charge in [0.25, 0.3) is 0 Å². The molecule has 0 heterocycles. The van der Waals surface area contributed by atoms with E-state index in [1.54, 1.807) is 12.1 Å². The van der Waals surface area contributed by atoms with Crippen LogP contribution in [-0.2, 0) is 0 Å². The highest BCUT2D eigenvalue weighted by molar-refractivity contribution is 5.75. The third-order valence-electron chi connectivity index (χ3n) is 1.70. The molecular weight excluding hydrogens is 181 g/mol. The number of rotatable bonds is 3. The number of guanidine groups is 1. The number of hydrogen-bond acceptors (Lipinski definition) is 3. The van der Waals surface area contributed by atoms with Crippen molar-refractivity contribution in [2.24, 2.45) is 16.5 Å². The fraction of sp³-hybridized carbons (Fsp3) is 0.222. The molecule has 5 heteroatoms. The largest absolute Gasteiger partial charge is 0.508 e. The van der Waals surface area contributed by atoms with Gasteiger partial charge in [0.15, 0.2) is 5.96 Å². The highest BCUT2D eigenvalue weighted by Gasteiger charge is 2.06. The Morgan fingerprint density at radius 2 is 2.14 bits per heavy atom. The number of aliphatic imine (C=N–C) groups is 1. The van der Waals surface area contributed by atoms with Gasteiger partial charge in [-0.25, -0.2) is 0 Å². The van der Waals surface area contributed by atoms with E-state index in [4.69, 9.17) is 16.6 Å². The maximum atomic E-state index is 9.56. The summed E-state index contributed by atoms with van der Waals surface area (Å²) in [6.07, 6.45) is -0.802. The number of phenols is 1. The molecule has 1 atom stereocenters. The van der Waals surface area contributed by atoms with Gasteiger partial charge < -0.3 is 21.7 Å². The molecule has 0 aliphatic heterocycles. The topological polar surface area (TPSA) is 105 Å². The molecule has 1 aromatic carbocycles. The predicted octanol–water partition coefficient (Wildman–Crippen LogP) is -0.301. The number of phenolic OH excluding ortho intramolecular Hbond substituents is 1. The summed E-state index contributed by atoms with van der Waals surface area (Å²) < 4.78 is 0. The number of aliphatic hydroxyl groups is 1. The van der Waals surface area contributed by atoms with Crippen LogP contribution in [0, 0.1) is 0 Å². The van der Waals surface area contributed by atoms with Crippen LogP contribution >= 0.6 is 0 Å². The number of hydrogen-bond donors (Lipinski definition) is 4. The van der Waals surface area contributed by atoms with Crippen LogP contribution in [0.5, 0.6) is 5.75 Å². The van der Waals surface area contributed by atoms with E-state index in [-0.39, 0.29) is 18.3 Å². The molecular formula is C9H13N3O2. The summed E-state index contributed by atoms with van der Waals surface area (Å²) >= 11 is 0. The first-order chi connectivity index (χ1) is 6.59. The van der Waals surface area contributed by atoms with Crippen LogP contribution in [0.25, 0.3) is 0 Å². The molecule has 0 spiro atoms. The molecule has 0 fully saturated rings. The zero-order valence-corrected chi connectivity index (χ0v) is 7.59. The summed E-state index contributed by atoms with van der Waals surface area (Å²) in [6, 6.07) is 6.32. The molecule has 0 aliphatic carbocycles. The molecule has 0 amide bonds. The van der Waals surface area contributed by atoms with Gasteiger partial charge in [-0.1, -0.05) is 12.1 Å². The van der Waals surface area contributed by atoms with Gasteiger partial charge in [0.05, 0.1) is 12.6 Å². The molecule has 1 aromatic rings. The first kappa shape index (κ1) is 10.3. The second-order valence-electron chi connectivity index (χ2n) is 2.88. The van der Waals surface area contributed by atoms with E-state index in [1.807, 2.05) is 0 Å². The van der Waals surface area contributed by atoms with Gasteiger partial charge in [0.1, 0.15) is 5.75 Å². The molecule has 14 heavy (non-hydrogen) atoms. The Morgan fingerprint density at radius 1 is 1.43 bits per heavy atom.